The first-order valence-corrected chi connectivity index (χ1v) is 15.4. The molecule has 4 N–H and O–H groups in total. The highest BCUT2D eigenvalue weighted by molar-refractivity contribution is 5.95. The lowest BCUT2D eigenvalue weighted by Crippen LogP contribution is -2.57. The number of hydrogen-bond acceptors (Lipinski definition) is 8. The second-order valence-corrected chi connectivity index (χ2v) is 11.7. The van der Waals surface area contributed by atoms with E-state index in [4.69, 9.17) is 14.5 Å². The molecule has 0 bridgehead atoms. The Kier molecular flexibility index (Phi) is 8.94. The number of alkyl carbamates (subject to hydrolysis) is 1. The van der Waals surface area contributed by atoms with Crippen molar-refractivity contribution in [3.8, 4) is 22.4 Å². The summed E-state index contributed by atoms with van der Waals surface area (Å²) in [7, 11) is 2.79. The molecule has 2 saturated heterocycles. The van der Waals surface area contributed by atoms with Crippen molar-refractivity contribution in [2.24, 2.45) is 4.99 Å². The summed E-state index contributed by atoms with van der Waals surface area (Å²) in [5, 5.41) is 9.70. The first-order valence-electron chi connectivity index (χ1n) is 15.4. The second kappa shape index (κ2) is 13.2. The van der Waals surface area contributed by atoms with Gasteiger partial charge in [-0.2, -0.15) is 0 Å². The van der Waals surface area contributed by atoms with E-state index in [1.165, 1.54) is 20.6 Å². The molecule has 2 fully saturated rings. The molecule has 3 aromatic rings. The zero-order valence-corrected chi connectivity index (χ0v) is 25.5. The Labute approximate surface area is 257 Å². The van der Waals surface area contributed by atoms with E-state index in [9.17, 15) is 9.59 Å². The molecule has 1 unspecified atom stereocenters. The first kappa shape index (κ1) is 29.8. The number of aromatic amines is 1. The zero-order valence-electron chi connectivity index (χ0n) is 25.5. The molecule has 6 rings (SSSR count). The van der Waals surface area contributed by atoms with Gasteiger partial charge in [-0.1, -0.05) is 48.5 Å². The van der Waals surface area contributed by atoms with Gasteiger partial charge in [-0.05, 0) is 61.4 Å². The molecule has 0 aliphatic carbocycles. The van der Waals surface area contributed by atoms with Gasteiger partial charge >= 0.3 is 6.09 Å². The molecule has 232 valence electrons. The number of aliphatic imine (C=N–C) groups is 1. The number of ether oxygens (including phenoxy) is 2. The molecular weight excluding hydrogens is 558 g/mol. The Bertz CT molecular complexity index is 1480. The maximum absolute atomic E-state index is 13.5. The Morgan fingerprint density at radius 3 is 2.39 bits per heavy atom. The number of likely N-dealkylation sites (tertiary alicyclic amines) is 1. The fraction of sp³-hybridized carbons (Fsp3) is 0.455. The lowest BCUT2D eigenvalue weighted by Gasteiger charge is -2.31. The quantitative estimate of drug-likeness (QED) is 0.293. The van der Waals surface area contributed by atoms with Crippen LogP contribution in [-0.2, 0) is 14.3 Å². The van der Waals surface area contributed by atoms with Crippen LogP contribution in [0.3, 0.4) is 0 Å². The van der Waals surface area contributed by atoms with Crippen LogP contribution in [0.1, 0.15) is 56.1 Å². The number of aromatic nitrogens is 2. The highest BCUT2D eigenvalue weighted by Gasteiger charge is 2.40. The molecule has 0 radical (unpaired) electrons. The molecule has 3 aliphatic rings. The predicted molar refractivity (Wildman–Crippen MR) is 168 cm³/mol. The SMILES string of the molecule is COC(=O)N[C@H](C(=O)N1CCC[C@H]1C1=NCC(c2ccc(-c3ccc(-c4cnc([C@@H]5CCCN5)[nH]4)cc3)cc2)N1)[C@@H](C)OC. The first-order chi connectivity index (χ1) is 21.4. The lowest BCUT2D eigenvalue weighted by molar-refractivity contribution is -0.136. The topological polar surface area (TPSA) is 133 Å². The van der Waals surface area contributed by atoms with Gasteiger partial charge in [0.05, 0.1) is 49.8 Å². The van der Waals surface area contributed by atoms with Crippen LogP contribution >= 0.6 is 0 Å². The van der Waals surface area contributed by atoms with Gasteiger partial charge in [0.15, 0.2) is 0 Å². The molecule has 3 aliphatic heterocycles. The minimum absolute atomic E-state index is 0.0322. The maximum Gasteiger partial charge on any atom is 0.407 e. The van der Waals surface area contributed by atoms with E-state index in [-0.39, 0.29) is 18.0 Å². The summed E-state index contributed by atoms with van der Waals surface area (Å²) in [5.74, 6) is 1.62. The fourth-order valence-electron chi connectivity index (χ4n) is 6.37. The summed E-state index contributed by atoms with van der Waals surface area (Å²) in [6.45, 7) is 4.00. The molecule has 0 spiro atoms. The second-order valence-electron chi connectivity index (χ2n) is 11.7. The van der Waals surface area contributed by atoms with Gasteiger partial charge in [0.1, 0.15) is 17.7 Å². The summed E-state index contributed by atoms with van der Waals surface area (Å²) in [5.41, 5.74) is 5.58. The van der Waals surface area contributed by atoms with Gasteiger partial charge in [-0.3, -0.25) is 9.79 Å². The number of imidazole rings is 1. The van der Waals surface area contributed by atoms with Crippen LogP contribution in [0.25, 0.3) is 22.4 Å². The Morgan fingerprint density at radius 1 is 0.977 bits per heavy atom. The number of nitrogens with one attached hydrogen (secondary N) is 4. The van der Waals surface area contributed by atoms with E-state index in [1.54, 1.807) is 11.8 Å². The predicted octanol–water partition coefficient (Wildman–Crippen LogP) is 3.96. The number of carbonyl (C=O) groups excluding carboxylic acids is 2. The molecule has 44 heavy (non-hydrogen) atoms. The number of carbonyl (C=O) groups is 2. The summed E-state index contributed by atoms with van der Waals surface area (Å²) in [6.07, 6.45) is 4.72. The van der Waals surface area contributed by atoms with Gasteiger partial charge in [-0.15, -0.1) is 0 Å². The van der Waals surface area contributed by atoms with Gasteiger partial charge in [0.2, 0.25) is 5.91 Å². The van der Waals surface area contributed by atoms with Crippen LogP contribution in [0.2, 0.25) is 0 Å². The standard InChI is InChI=1S/C33H41N7O4/c1-20(43-2)29(39-33(42)44-3)32(41)40-17-5-7-28(40)31-36-19-27(38-31)24-14-10-22(11-15-24)21-8-12-23(13-9-21)26-18-35-30(37-26)25-6-4-16-34-25/h8-15,18,20,25,27-29,34H,4-7,16-17,19H2,1-3H3,(H,35,37)(H,36,38)(H,39,42)/t20-,25+,27?,28+,29+/m1/s1. The summed E-state index contributed by atoms with van der Waals surface area (Å²) in [6, 6.07) is 16.5. The van der Waals surface area contributed by atoms with Crippen LogP contribution in [0, 0.1) is 0 Å². The van der Waals surface area contributed by atoms with Crippen molar-refractivity contribution in [2.75, 3.05) is 33.9 Å². The Morgan fingerprint density at radius 2 is 1.70 bits per heavy atom. The van der Waals surface area contributed by atoms with Crippen LogP contribution in [0.5, 0.6) is 0 Å². The van der Waals surface area contributed by atoms with E-state index in [2.05, 4.69) is 74.4 Å². The van der Waals surface area contributed by atoms with E-state index in [0.29, 0.717) is 19.1 Å². The monoisotopic (exact) mass is 599 g/mol. The fourth-order valence-corrected chi connectivity index (χ4v) is 6.37. The molecular formula is C33H41N7O4. The van der Waals surface area contributed by atoms with Crippen LogP contribution < -0.4 is 16.0 Å². The van der Waals surface area contributed by atoms with Crippen molar-refractivity contribution >= 4 is 17.8 Å². The highest BCUT2D eigenvalue weighted by Crippen LogP contribution is 2.29. The molecule has 2 amide bonds. The molecule has 11 nitrogen and oxygen atoms in total. The number of methoxy groups -OCH3 is 2. The van der Waals surface area contributed by atoms with Crippen LogP contribution in [0.15, 0.2) is 59.7 Å². The van der Waals surface area contributed by atoms with Gasteiger partial charge in [0, 0.05) is 13.7 Å². The number of benzene rings is 2. The number of hydrogen-bond donors (Lipinski definition) is 4. The average molecular weight is 600 g/mol. The minimum Gasteiger partial charge on any atom is -0.453 e. The molecule has 5 atom stereocenters. The van der Waals surface area contributed by atoms with Crippen LogP contribution in [-0.4, -0.2) is 84.7 Å². The number of amidine groups is 1. The molecule has 4 heterocycles. The zero-order chi connectivity index (χ0) is 30.6. The maximum atomic E-state index is 13.5. The van der Waals surface area contributed by atoms with Crippen molar-refractivity contribution in [3.63, 3.8) is 0 Å². The lowest BCUT2D eigenvalue weighted by atomic mass is 9.99. The molecule has 2 aromatic carbocycles. The van der Waals surface area contributed by atoms with Crippen LogP contribution in [0.4, 0.5) is 4.79 Å². The normalized spacial score (nSPS) is 22.8. The highest BCUT2D eigenvalue weighted by atomic mass is 16.5. The smallest absolute Gasteiger partial charge is 0.407 e. The van der Waals surface area contributed by atoms with Gasteiger partial charge in [0.25, 0.3) is 0 Å². The summed E-state index contributed by atoms with van der Waals surface area (Å²) in [4.78, 5) is 40.2. The van der Waals surface area contributed by atoms with E-state index < -0.39 is 18.2 Å². The third-order valence-corrected chi connectivity index (χ3v) is 9.01. The number of rotatable bonds is 9. The van der Waals surface area contributed by atoms with Gasteiger partial charge in [-0.25, -0.2) is 9.78 Å². The van der Waals surface area contributed by atoms with Crippen molar-refractivity contribution in [1.82, 2.24) is 30.8 Å². The number of nitrogens with zero attached hydrogens (tertiary/aromatic N) is 3. The van der Waals surface area contributed by atoms with E-state index >= 15 is 0 Å². The largest absolute Gasteiger partial charge is 0.453 e. The van der Waals surface area contributed by atoms with Crippen molar-refractivity contribution in [2.45, 2.75) is 62.9 Å². The van der Waals surface area contributed by atoms with Crippen molar-refractivity contribution < 1.29 is 19.1 Å². The van der Waals surface area contributed by atoms with E-state index in [1.807, 2.05) is 6.20 Å². The molecule has 11 heteroatoms. The molecule has 0 saturated carbocycles. The third kappa shape index (κ3) is 6.20. The van der Waals surface area contributed by atoms with E-state index in [0.717, 1.165) is 65.4 Å². The molecule has 1 aromatic heterocycles. The third-order valence-electron chi connectivity index (χ3n) is 9.01. The average Bonchev–Trinajstić information content (AvgIpc) is 3.89. The number of H-pyrrole nitrogens is 1. The van der Waals surface area contributed by atoms with Gasteiger partial charge < -0.3 is 35.3 Å². The summed E-state index contributed by atoms with van der Waals surface area (Å²) < 4.78 is 10.1. The van der Waals surface area contributed by atoms with Crippen molar-refractivity contribution in [3.05, 3.63) is 66.1 Å². The summed E-state index contributed by atoms with van der Waals surface area (Å²) >= 11 is 0. The minimum atomic E-state index is -0.848. The Balaban J connectivity index is 1.08. The number of amides is 2. The van der Waals surface area contributed by atoms with Crippen molar-refractivity contribution in [1.29, 1.82) is 0 Å². The Hall–Kier alpha value is -4.22.